The number of nitrogens with zero attached hydrogens (tertiary/aromatic N) is 3. The van der Waals surface area contributed by atoms with Crippen molar-refractivity contribution in [3.05, 3.63) is 5.89 Å². The summed E-state index contributed by atoms with van der Waals surface area (Å²) >= 11 is 0. The van der Waals surface area contributed by atoms with Gasteiger partial charge in [0.05, 0.1) is 6.04 Å². The molecule has 0 amide bonds. The Balaban J connectivity index is 1.68. The first-order chi connectivity index (χ1) is 8.83. The summed E-state index contributed by atoms with van der Waals surface area (Å²) in [6.45, 7) is 5.46. The maximum atomic E-state index is 5.44. The molecule has 0 aromatic carbocycles. The van der Waals surface area contributed by atoms with Crippen LogP contribution in [0.2, 0.25) is 0 Å². The minimum absolute atomic E-state index is 0.250. The van der Waals surface area contributed by atoms with Crippen LogP contribution in [0.25, 0.3) is 0 Å². The maximum Gasteiger partial charge on any atom is 0.266 e. The molecule has 100 valence electrons. The lowest BCUT2D eigenvalue weighted by Gasteiger charge is -2.26. The normalized spacial score (nSPS) is 29.5. The number of rotatable bonds is 2. The molecule has 0 radical (unpaired) electrons. The molecule has 0 bridgehead atoms. The second kappa shape index (κ2) is 5.26. The zero-order chi connectivity index (χ0) is 12.4. The van der Waals surface area contributed by atoms with Crippen LogP contribution in [0.3, 0.4) is 0 Å². The quantitative estimate of drug-likeness (QED) is 0.871. The zero-order valence-electron chi connectivity index (χ0n) is 11.1. The first-order valence-electron chi connectivity index (χ1n) is 7.15. The third-order valence-electron chi connectivity index (χ3n) is 4.03. The van der Waals surface area contributed by atoms with E-state index in [2.05, 4.69) is 27.3 Å². The molecular formula is C13H22N4O. The molecule has 2 atom stereocenters. The van der Waals surface area contributed by atoms with Gasteiger partial charge >= 0.3 is 0 Å². The highest BCUT2D eigenvalue weighted by Crippen LogP contribution is 2.27. The molecule has 3 heterocycles. The van der Waals surface area contributed by atoms with Crippen molar-refractivity contribution < 1.29 is 4.52 Å². The van der Waals surface area contributed by atoms with Crippen molar-refractivity contribution in [1.82, 2.24) is 15.5 Å². The van der Waals surface area contributed by atoms with E-state index in [4.69, 9.17) is 4.52 Å². The van der Waals surface area contributed by atoms with Gasteiger partial charge in [0.2, 0.25) is 5.89 Å². The van der Waals surface area contributed by atoms with Crippen molar-refractivity contribution >= 4 is 5.95 Å². The van der Waals surface area contributed by atoms with Crippen LogP contribution >= 0.6 is 0 Å². The SMILES string of the molecule is CC1CCNC(c2nc(N3CCCCC3)no2)C1. The average molecular weight is 250 g/mol. The fourth-order valence-corrected chi connectivity index (χ4v) is 2.89. The summed E-state index contributed by atoms with van der Waals surface area (Å²) in [6.07, 6.45) is 6.14. The fraction of sp³-hybridized carbons (Fsp3) is 0.846. The van der Waals surface area contributed by atoms with Gasteiger partial charge in [-0.1, -0.05) is 6.92 Å². The van der Waals surface area contributed by atoms with Crippen LogP contribution in [0, 0.1) is 5.92 Å². The molecule has 18 heavy (non-hydrogen) atoms. The van der Waals surface area contributed by atoms with Crippen molar-refractivity contribution in [3.8, 4) is 0 Å². The Morgan fingerprint density at radius 3 is 2.89 bits per heavy atom. The maximum absolute atomic E-state index is 5.44. The van der Waals surface area contributed by atoms with E-state index in [1.165, 1.54) is 25.7 Å². The van der Waals surface area contributed by atoms with Gasteiger partial charge in [0.15, 0.2) is 0 Å². The smallest absolute Gasteiger partial charge is 0.266 e. The second-order valence-electron chi connectivity index (χ2n) is 5.62. The van der Waals surface area contributed by atoms with E-state index in [0.29, 0.717) is 0 Å². The summed E-state index contributed by atoms with van der Waals surface area (Å²) in [7, 11) is 0. The largest absolute Gasteiger partial charge is 0.338 e. The van der Waals surface area contributed by atoms with Gasteiger partial charge in [-0.25, -0.2) is 0 Å². The highest BCUT2D eigenvalue weighted by Gasteiger charge is 2.26. The molecule has 5 nitrogen and oxygen atoms in total. The van der Waals surface area contributed by atoms with Crippen LogP contribution in [0.1, 0.15) is 51.0 Å². The first-order valence-corrected chi connectivity index (χ1v) is 7.15. The predicted octanol–water partition coefficient (Wildman–Crippen LogP) is 2.12. The summed E-state index contributed by atoms with van der Waals surface area (Å²) in [6, 6.07) is 0.250. The van der Waals surface area contributed by atoms with E-state index < -0.39 is 0 Å². The van der Waals surface area contributed by atoms with E-state index in [1.54, 1.807) is 0 Å². The topological polar surface area (TPSA) is 54.2 Å². The number of piperidine rings is 2. The lowest BCUT2D eigenvalue weighted by Crippen LogP contribution is -2.32. The van der Waals surface area contributed by atoms with Gasteiger partial charge in [-0.3, -0.25) is 0 Å². The molecule has 2 unspecified atom stereocenters. The molecule has 1 aromatic rings. The van der Waals surface area contributed by atoms with Crippen molar-refractivity contribution in [2.75, 3.05) is 24.5 Å². The molecule has 1 aromatic heterocycles. The van der Waals surface area contributed by atoms with Gasteiger partial charge in [-0.15, -0.1) is 0 Å². The molecule has 2 aliphatic rings. The number of hydrogen-bond acceptors (Lipinski definition) is 5. The van der Waals surface area contributed by atoms with Crippen LogP contribution in [0.4, 0.5) is 5.95 Å². The Morgan fingerprint density at radius 2 is 2.11 bits per heavy atom. The Bertz CT molecular complexity index is 386. The van der Waals surface area contributed by atoms with Gasteiger partial charge in [-0.05, 0) is 49.7 Å². The third kappa shape index (κ3) is 2.51. The molecular weight excluding hydrogens is 228 g/mol. The van der Waals surface area contributed by atoms with Gasteiger partial charge in [-0.2, -0.15) is 4.98 Å². The van der Waals surface area contributed by atoms with Crippen LogP contribution in [-0.4, -0.2) is 29.8 Å². The molecule has 5 heteroatoms. The number of anilines is 1. The minimum atomic E-state index is 0.250. The first kappa shape index (κ1) is 12.0. The van der Waals surface area contributed by atoms with Crippen LogP contribution in [-0.2, 0) is 0 Å². The zero-order valence-corrected chi connectivity index (χ0v) is 11.1. The molecule has 2 aliphatic heterocycles. The molecule has 2 fully saturated rings. The van der Waals surface area contributed by atoms with Gasteiger partial charge < -0.3 is 14.7 Å². The lowest BCUT2D eigenvalue weighted by molar-refractivity contribution is 0.259. The van der Waals surface area contributed by atoms with Gasteiger partial charge in [0.25, 0.3) is 5.95 Å². The van der Waals surface area contributed by atoms with E-state index in [1.807, 2.05) is 0 Å². The average Bonchev–Trinajstić information content (AvgIpc) is 2.89. The van der Waals surface area contributed by atoms with E-state index >= 15 is 0 Å². The molecule has 2 saturated heterocycles. The van der Waals surface area contributed by atoms with Crippen molar-refractivity contribution in [2.45, 2.75) is 45.1 Å². The minimum Gasteiger partial charge on any atom is -0.338 e. The Labute approximate surface area is 108 Å². The summed E-state index contributed by atoms with van der Waals surface area (Å²) in [5.41, 5.74) is 0. The highest BCUT2D eigenvalue weighted by atomic mass is 16.5. The summed E-state index contributed by atoms with van der Waals surface area (Å²) < 4.78 is 5.44. The monoisotopic (exact) mass is 250 g/mol. The standard InChI is InChI=1S/C13H22N4O/c1-10-5-6-14-11(9-10)12-15-13(16-18-12)17-7-3-2-4-8-17/h10-11,14H,2-9H2,1H3. The van der Waals surface area contributed by atoms with Crippen molar-refractivity contribution in [3.63, 3.8) is 0 Å². The lowest BCUT2D eigenvalue weighted by atomic mass is 9.94. The number of hydrogen-bond donors (Lipinski definition) is 1. The fourth-order valence-electron chi connectivity index (χ4n) is 2.89. The second-order valence-corrected chi connectivity index (χ2v) is 5.62. The Hall–Kier alpha value is -1.10. The predicted molar refractivity (Wildman–Crippen MR) is 69.5 cm³/mol. The summed E-state index contributed by atoms with van der Waals surface area (Å²) in [4.78, 5) is 6.82. The van der Waals surface area contributed by atoms with Crippen LogP contribution in [0.5, 0.6) is 0 Å². The van der Waals surface area contributed by atoms with Crippen molar-refractivity contribution in [2.24, 2.45) is 5.92 Å². The molecule has 0 aliphatic carbocycles. The summed E-state index contributed by atoms with van der Waals surface area (Å²) in [5.74, 6) is 2.29. The van der Waals surface area contributed by atoms with Gasteiger partial charge in [0, 0.05) is 13.1 Å². The molecule has 3 rings (SSSR count). The van der Waals surface area contributed by atoms with Crippen LogP contribution in [0.15, 0.2) is 4.52 Å². The molecule has 0 spiro atoms. The van der Waals surface area contributed by atoms with Crippen LogP contribution < -0.4 is 10.2 Å². The van der Waals surface area contributed by atoms with E-state index in [-0.39, 0.29) is 6.04 Å². The number of aromatic nitrogens is 2. The van der Waals surface area contributed by atoms with Gasteiger partial charge in [0.1, 0.15) is 0 Å². The highest BCUT2D eigenvalue weighted by molar-refractivity contribution is 5.28. The van der Waals surface area contributed by atoms with E-state index in [0.717, 1.165) is 43.8 Å². The summed E-state index contributed by atoms with van der Waals surface area (Å²) in [5, 5.41) is 7.61. The van der Waals surface area contributed by atoms with Crippen molar-refractivity contribution in [1.29, 1.82) is 0 Å². The Kier molecular flexibility index (Phi) is 3.50. The molecule has 1 N–H and O–H groups in total. The van der Waals surface area contributed by atoms with E-state index in [9.17, 15) is 0 Å². The number of nitrogens with one attached hydrogen (secondary N) is 1. The Morgan fingerprint density at radius 1 is 1.28 bits per heavy atom. The molecule has 0 saturated carbocycles. The third-order valence-corrected chi connectivity index (χ3v) is 4.03.